The van der Waals surface area contributed by atoms with E-state index in [1.54, 1.807) is 38.1 Å². The van der Waals surface area contributed by atoms with E-state index in [0.29, 0.717) is 72.4 Å². The van der Waals surface area contributed by atoms with Crippen molar-refractivity contribution in [3.8, 4) is 23.0 Å². The molecule has 18 heteroatoms. The molecule has 2 aromatic heterocycles. The van der Waals surface area contributed by atoms with E-state index in [1.165, 1.54) is 71.9 Å². The van der Waals surface area contributed by atoms with Crippen molar-refractivity contribution in [3.63, 3.8) is 0 Å². The predicted molar refractivity (Wildman–Crippen MR) is 236 cm³/mol. The van der Waals surface area contributed by atoms with Gasteiger partial charge in [-0.25, -0.2) is 0 Å². The number of nitrogens with zero attached hydrogens (tertiary/aromatic N) is 2. The highest BCUT2D eigenvalue weighted by Crippen LogP contribution is 2.37. The van der Waals surface area contributed by atoms with Crippen LogP contribution >= 0.6 is 23.2 Å². The highest BCUT2D eigenvalue weighted by Gasteiger charge is 2.25. The SMILES string of the molecule is CCCNC(=O)Cc1c(C)n(C(=O)c2ccc(OC(F)F)cc2)c2cc(Cl)c(OC)cc12.COc1cc2c(CC(=O)NC(C)C)c(C)n(C(=O)c3ccc(OC(F)F)cc3)c2cc1Cl. The first kappa shape index (κ1) is 48.8. The monoisotopic (exact) mass is 928 g/mol. The maximum Gasteiger partial charge on any atom is 0.387 e. The number of carbonyl (C=O) groups is 4. The summed E-state index contributed by atoms with van der Waals surface area (Å²) in [5, 5.41) is 7.64. The first-order valence-electron chi connectivity index (χ1n) is 19.9. The number of fused-ring (bicyclic) bond motifs is 2. The van der Waals surface area contributed by atoms with Gasteiger partial charge in [-0.1, -0.05) is 30.1 Å². The van der Waals surface area contributed by atoms with Crippen LogP contribution in [0.15, 0.2) is 72.8 Å². The van der Waals surface area contributed by atoms with Gasteiger partial charge < -0.3 is 29.6 Å². The molecule has 2 amide bonds. The molecule has 340 valence electrons. The van der Waals surface area contributed by atoms with E-state index in [2.05, 4.69) is 20.1 Å². The Kier molecular flexibility index (Phi) is 16.3. The number of methoxy groups -OCH3 is 2. The molecule has 0 radical (unpaired) electrons. The lowest BCUT2D eigenvalue weighted by atomic mass is 10.1. The third-order valence-electron chi connectivity index (χ3n) is 9.97. The molecule has 0 aliphatic carbocycles. The van der Waals surface area contributed by atoms with Crippen molar-refractivity contribution in [2.45, 2.75) is 73.1 Å². The molecule has 2 N–H and O–H groups in total. The van der Waals surface area contributed by atoms with E-state index in [9.17, 15) is 36.7 Å². The fourth-order valence-corrected chi connectivity index (χ4v) is 7.55. The summed E-state index contributed by atoms with van der Waals surface area (Å²) in [5.74, 6) is -0.391. The third kappa shape index (κ3) is 11.3. The number of rotatable bonds is 15. The molecule has 4 aromatic carbocycles. The Balaban J connectivity index is 0.000000241. The van der Waals surface area contributed by atoms with E-state index in [-0.39, 0.29) is 53.3 Å². The number of ether oxygens (including phenoxy) is 4. The summed E-state index contributed by atoms with van der Waals surface area (Å²) in [7, 11) is 2.97. The molecular weight excluding hydrogens is 883 g/mol. The zero-order chi connectivity index (χ0) is 47.0. The first-order valence-corrected chi connectivity index (χ1v) is 20.6. The number of nitrogens with one attached hydrogen (secondary N) is 2. The van der Waals surface area contributed by atoms with E-state index in [1.807, 2.05) is 20.8 Å². The standard InChI is InChI=1S/2C23H23ClF2N2O4/c1-12(2)27-21(29)10-16-13(3)28(19-11-18(24)20(31-4)9-17(16)19)22(30)14-5-7-15(8-6-14)32-23(25)26;1-4-9-27-21(29)11-16-13(2)28(19-12-18(24)20(31-3)10-17(16)19)22(30)14-5-7-15(8-6-14)32-23(25)26/h5-9,11-12,23H,10H2,1-4H3,(H,27,29);5-8,10,12,23H,4,9,11H2,1-3H3,(H,27,29). The lowest BCUT2D eigenvalue weighted by Gasteiger charge is -2.10. The van der Waals surface area contributed by atoms with Gasteiger partial charge in [-0.15, -0.1) is 0 Å². The molecular formula is C46H46Cl2F4N4O8. The zero-order valence-corrected chi connectivity index (χ0v) is 37.4. The second-order valence-corrected chi connectivity index (χ2v) is 15.5. The van der Waals surface area contributed by atoms with Gasteiger partial charge in [0.25, 0.3) is 11.8 Å². The van der Waals surface area contributed by atoms with E-state index in [4.69, 9.17) is 32.7 Å². The fraction of sp³-hybridized carbons (Fsp3) is 0.304. The molecule has 0 aliphatic heterocycles. The lowest BCUT2D eigenvalue weighted by molar-refractivity contribution is -0.121. The number of benzene rings is 4. The molecule has 12 nitrogen and oxygen atoms in total. The van der Waals surface area contributed by atoms with Gasteiger partial charge in [0.05, 0.1) is 48.1 Å². The van der Waals surface area contributed by atoms with Gasteiger partial charge in [-0.2, -0.15) is 17.6 Å². The van der Waals surface area contributed by atoms with E-state index < -0.39 is 25.0 Å². The molecule has 0 saturated carbocycles. The second kappa shape index (κ2) is 21.4. The van der Waals surface area contributed by atoms with Crippen molar-refractivity contribution in [3.05, 3.63) is 116 Å². The summed E-state index contributed by atoms with van der Waals surface area (Å²) in [5.41, 5.74) is 4.05. The van der Waals surface area contributed by atoms with Crippen LogP contribution in [0.5, 0.6) is 23.0 Å². The summed E-state index contributed by atoms with van der Waals surface area (Å²) in [6.45, 7) is 3.82. The van der Waals surface area contributed by atoms with Crippen LogP contribution in [-0.4, -0.2) is 72.8 Å². The zero-order valence-electron chi connectivity index (χ0n) is 35.9. The molecule has 0 unspecified atom stereocenters. The van der Waals surface area contributed by atoms with Crippen LogP contribution in [0.1, 0.15) is 70.4 Å². The highest BCUT2D eigenvalue weighted by molar-refractivity contribution is 6.33. The Morgan fingerprint density at radius 1 is 0.641 bits per heavy atom. The minimum Gasteiger partial charge on any atom is -0.495 e. The Morgan fingerprint density at radius 3 is 1.38 bits per heavy atom. The van der Waals surface area contributed by atoms with Crippen LogP contribution < -0.4 is 29.6 Å². The molecule has 2 heterocycles. The van der Waals surface area contributed by atoms with Gasteiger partial charge >= 0.3 is 13.2 Å². The molecule has 6 aromatic rings. The van der Waals surface area contributed by atoms with Gasteiger partial charge in [0.2, 0.25) is 11.8 Å². The number of halogens is 6. The average molecular weight is 930 g/mol. The maximum atomic E-state index is 13.4. The third-order valence-corrected chi connectivity index (χ3v) is 10.6. The fourth-order valence-electron chi connectivity index (χ4n) is 7.08. The van der Waals surface area contributed by atoms with Crippen LogP contribution in [0.2, 0.25) is 10.0 Å². The minimum atomic E-state index is -2.95. The van der Waals surface area contributed by atoms with Crippen LogP contribution in [0.4, 0.5) is 17.6 Å². The normalized spacial score (nSPS) is 11.2. The second-order valence-electron chi connectivity index (χ2n) is 14.6. The molecule has 64 heavy (non-hydrogen) atoms. The number of amides is 2. The topological polar surface area (TPSA) is 139 Å². The molecule has 0 atom stereocenters. The van der Waals surface area contributed by atoms with Crippen molar-refractivity contribution in [2.24, 2.45) is 0 Å². The Labute approximate surface area is 376 Å². The van der Waals surface area contributed by atoms with Crippen molar-refractivity contribution in [2.75, 3.05) is 20.8 Å². The summed E-state index contributed by atoms with van der Waals surface area (Å²) in [6, 6.07) is 17.4. The average Bonchev–Trinajstić information content (AvgIpc) is 3.65. The number of carbonyl (C=O) groups excluding carboxylic acids is 4. The minimum absolute atomic E-state index is 0.0317. The molecule has 6 rings (SSSR count). The Morgan fingerprint density at radius 2 is 1.03 bits per heavy atom. The lowest BCUT2D eigenvalue weighted by Crippen LogP contribution is -2.31. The van der Waals surface area contributed by atoms with Gasteiger partial charge in [0.15, 0.2) is 0 Å². The van der Waals surface area contributed by atoms with Gasteiger partial charge in [0, 0.05) is 45.9 Å². The molecule has 0 bridgehead atoms. The summed E-state index contributed by atoms with van der Waals surface area (Å²) in [6.07, 6.45) is 0.945. The first-order chi connectivity index (χ1) is 30.4. The van der Waals surface area contributed by atoms with Crippen LogP contribution in [0.25, 0.3) is 21.8 Å². The number of aromatic nitrogens is 2. The quantitative estimate of drug-likeness (QED) is 0.0971. The van der Waals surface area contributed by atoms with Crippen molar-refractivity contribution in [1.82, 2.24) is 19.8 Å². The summed E-state index contributed by atoms with van der Waals surface area (Å²) >= 11 is 12.6. The van der Waals surface area contributed by atoms with Gasteiger partial charge in [0.1, 0.15) is 23.0 Å². The molecule has 0 saturated heterocycles. The van der Waals surface area contributed by atoms with Gasteiger partial charge in [-0.3, -0.25) is 28.3 Å². The van der Waals surface area contributed by atoms with Crippen LogP contribution in [0, 0.1) is 13.8 Å². The summed E-state index contributed by atoms with van der Waals surface area (Å²) in [4.78, 5) is 51.6. The van der Waals surface area contributed by atoms with Gasteiger partial charge in [-0.05, 0) is 118 Å². The number of alkyl halides is 4. The number of hydrogen-bond acceptors (Lipinski definition) is 8. The van der Waals surface area contributed by atoms with E-state index in [0.717, 1.165) is 6.42 Å². The maximum absolute atomic E-state index is 13.4. The molecule has 0 spiro atoms. The van der Waals surface area contributed by atoms with Crippen LogP contribution in [-0.2, 0) is 22.4 Å². The highest BCUT2D eigenvalue weighted by atomic mass is 35.5. The largest absolute Gasteiger partial charge is 0.495 e. The van der Waals surface area contributed by atoms with Crippen molar-refractivity contribution < 1.29 is 55.7 Å². The van der Waals surface area contributed by atoms with Crippen molar-refractivity contribution >= 4 is 68.6 Å². The smallest absolute Gasteiger partial charge is 0.387 e. The predicted octanol–water partition coefficient (Wildman–Crippen LogP) is 9.94. The number of hydrogen-bond donors (Lipinski definition) is 2. The molecule has 0 fully saturated rings. The Bertz CT molecular complexity index is 2670. The van der Waals surface area contributed by atoms with E-state index >= 15 is 0 Å². The van der Waals surface area contributed by atoms with Crippen molar-refractivity contribution in [1.29, 1.82) is 0 Å². The van der Waals surface area contributed by atoms with Crippen LogP contribution in [0.3, 0.4) is 0 Å². The molecule has 0 aliphatic rings. The summed E-state index contributed by atoms with van der Waals surface area (Å²) < 4.78 is 71.9. The Hall–Kier alpha value is -6.26.